The normalized spacial score (nSPS) is 14.6. The van der Waals surface area contributed by atoms with Gasteiger partial charge in [0.25, 0.3) is 0 Å². The van der Waals surface area contributed by atoms with Crippen molar-refractivity contribution in [1.82, 2.24) is 15.0 Å². The topological polar surface area (TPSA) is 51.8 Å². The SMILES string of the molecule is C1=CC(c2cccc3oc4ccccc4c23)CC(c2nc(-c3cccc(-c4ccccc4)c3)nc(-c3cccc4c3sc3ccccc34)n2)=C1. The van der Waals surface area contributed by atoms with E-state index in [2.05, 4.69) is 140 Å². The minimum absolute atomic E-state index is 0.135. The van der Waals surface area contributed by atoms with Crippen molar-refractivity contribution in [3.63, 3.8) is 0 Å². The zero-order valence-corrected chi connectivity index (χ0v) is 27.8. The molecule has 1 aliphatic rings. The molecule has 0 fully saturated rings. The molecule has 3 heterocycles. The Morgan fingerprint density at radius 2 is 1.26 bits per heavy atom. The Morgan fingerprint density at radius 1 is 0.560 bits per heavy atom. The third-order valence-electron chi connectivity index (χ3n) is 9.71. The van der Waals surface area contributed by atoms with E-state index in [1.807, 2.05) is 18.2 Å². The van der Waals surface area contributed by atoms with Gasteiger partial charge in [0, 0.05) is 48.0 Å². The second-order valence-electron chi connectivity index (χ2n) is 12.7. The van der Waals surface area contributed by atoms with Gasteiger partial charge in [0.05, 0.1) is 0 Å². The van der Waals surface area contributed by atoms with Crippen LogP contribution in [0.4, 0.5) is 0 Å². The molecule has 9 aromatic rings. The Hall–Kier alpha value is -6.17. The monoisotopic (exact) mass is 659 g/mol. The molecule has 4 nitrogen and oxygen atoms in total. The molecular weight excluding hydrogens is 631 g/mol. The van der Waals surface area contributed by atoms with Gasteiger partial charge in [0.15, 0.2) is 17.5 Å². The average Bonchev–Trinajstić information content (AvgIpc) is 3.77. The lowest BCUT2D eigenvalue weighted by atomic mass is 9.85. The van der Waals surface area contributed by atoms with Crippen molar-refractivity contribution in [2.75, 3.05) is 0 Å². The molecule has 0 radical (unpaired) electrons. The summed E-state index contributed by atoms with van der Waals surface area (Å²) >= 11 is 1.79. The second-order valence-corrected chi connectivity index (χ2v) is 13.8. The lowest BCUT2D eigenvalue weighted by Crippen LogP contribution is -2.07. The summed E-state index contributed by atoms with van der Waals surface area (Å²) < 4.78 is 8.69. The van der Waals surface area contributed by atoms with Crippen LogP contribution in [0, 0.1) is 0 Å². The summed E-state index contributed by atoms with van der Waals surface area (Å²) in [4.78, 5) is 15.6. The first-order chi connectivity index (χ1) is 24.8. The first-order valence-electron chi connectivity index (χ1n) is 16.9. The number of aromatic nitrogens is 3. The van der Waals surface area contributed by atoms with Crippen LogP contribution >= 0.6 is 11.3 Å². The van der Waals surface area contributed by atoms with E-state index in [1.165, 1.54) is 31.1 Å². The van der Waals surface area contributed by atoms with E-state index in [0.717, 1.165) is 50.8 Å². The number of allylic oxidation sites excluding steroid dienone is 4. The van der Waals surface area contributed by atoms with Crippen LogP contribution in [0.25, 0.3) is 81.6 Å². The molecule has 0 aliphatic heterocycles. The van der Waals surface area contributed by atoms with E-state index in [0.29, 0.717) is 17.5 Å². The smallest absolute Gasteiger partial charge is 0.165 e. The maximum absolute atomic E-state index is 6.25. The minimum atomic E-state index is 0.135. The van der Waals surface area contributed by atoms with E-state index in [4.69, 9.17) is 19.4 Å². The molecule has 1 aliphatic carbocycles. The van der Waals surface area contributed by atoms with Crippen LogP contribution in [0.3, 0.4) is 0 Å². The summed E-state index contributed by atoms with van der Waals surface area (Å²) in [7, 11) is 0. The van der Waals surface area contributed by atoms with Crippen molar-refractivity contribution in [3.8, 4) is 33.9 Å². The molecule has 0 spiro atoms. The quantitative estimate of drug-likeness (QED) is 0.184. The first kappa shape index (κ1) is 28.8. The van der Waals surface area contributed by atoms with Crippen molar-refractivity contribution in [2.45, 2.75) is 12.3 Å². The number of nitrogens with zero attached hydrogens (tertiary/aromatic N) is 3. The third kappa shape index (κ3) is 4.86. The number of hydrogen-bond donors (Lipinski definition) is 0. The Morgan fingerprint density at radius 3 is 2.20 bits per heavy atom. The van der Waals surface area contributed by atoms with Gasteiger partial charge >= 0.3 is 0 Å². The van der Waals surface area contributed by atoms with Gasteiger partial charge in [-0.2, -0.15) is 0 Å². The summed E-state index contributed by atoms with van der Waals surface area (Å²) in [6, 6.07) is 48.7. The molecular formula is C45H29N3OS. The summed E-state index contributed by atoms with van der Waals surface area (Å²) in [6.45, 7) is 0. The van der Waals surface area contributed by atoms with Crippen LogP contribution in [0.2, 0.25) is 0 Å². The highest BCUT2D eigenvalue weighted by atomic mass is 32.1. The van der Waals surface area contributed by atoms with Crippen LogP contribution in [0.1, 0.15) is 23.7 Å². The zero-order valence-electron chi connectivity index (χ0n) is 27.0. The van der Waals surface area contributed by atoms with Crippen molar-refractivity contribution in [3.05, 3.63) is 169 Å². The first-order valence-corrected chi connectivity index (χ1v) is 17.7. The van der Waals surface area contributed by atoms with Gasteiger partial charge in [-0.3, -0.25) is 0 Å². The molecule has 3 aromatic heterocycles. The number of thiophene rings is 1. The van der Waals surface area contributed by atoms with Crippen LogP contribution < -0.4 is 0 Å². The fourth-order valence-electron chi connectivity index (χ4n) is 7.33. The molecule has 1 atom stereocenters. The van der Waals surface area contributed by atoms with E-state index >= 15 is 0 Å². The van der Waals surface area contributed by atoms with Gasteiger partial charge in [-0.15, -0.1) is 11.3 Å². The van der Waals surface area contributed by atoms with Crippen LogP contribution in [0.5, 0.6) is 0 Å². The molecule has 0 saturated carbocycles. The lowest BCUT2D eigenvalue weighted by Gasteiger charge is -2.20. The van der Waals surface area contributed by atoms with Gasteiger partial charge in [-0.1, -0.05) is 127 Å². The summed E-state index contributed by atoms with van der Waals surface area (Å²) in [5.41, 5.74) is 8.40. The van der Waals surface area contributed by atoms with E-state index in [9.17, 15) is 0 Å². The van der Waals surface area contributed by atoms with Crippen LogP contribution in [0.15, 0.2) is 162 Å². The maximum atomic E-state index is 6.25. The highest BCUT2D eigenvalue weighted by Gasteiger charge is 2.23. The number of hydrogen-bond acceptors (Lipinski definition) is 5. The molecule has 50 heavy (non-hydrogen) atoms. The fraction of sp³-hybridized carbons (Fsp3) is 0.0444. The summed E-state index contributed by atoms with van der Waals surface area (Å²) in [6.07, 6.45) is 7.35. The van der Waals surface area contributed by atoms with Crippen molar-refractivity contribution in [1.29, 1.82) is 0 Å². The van der Waals surface area contributed by atoms with Crippen molar-refractivity contribution >= 4 is 59.0 Å². The van der Waals surface area contributed by atoms with Gasteiger partial charge in [0.1, 0.15) is 11.2 Å². The molecule has 236 valence electrons. The molecule has 6 aromatic carbocycles. The number of furan rings is 1. The lowest BCUT2D eigenvalue weighted by molar-refractivity contribution is 0.668. The van der Waals surface area contributed by atoms with Crippen molar-refractivity contribution < 1.29 is 4.42 Å². The number of rotatable bonds is 5. The number of fused-ring (bicyclic) bond motifs is 6. The zero-order chi connectivity index (χ0) is 33.0. The summed E-state index contributed by atoms with van der Waals surface area (Å²) in [5, 5.41) is 4.79. The number of benzene rings is 6. The molecule has 0 saturated heterocycles. The highest BCUT2D eigenvalue weighted by molar-refractivity contribution is 7.26. The standard InChI is InChI=1S/C45H29N3OS/c1-2-12-28(13-3-1)29-14-8-16-31(26-29)43-46-44(48-45(47-43)37-22-10-21-35-34-18-5-7-25-40(34)50-42(35)37)32-17-9-15-30(27-32)33-20-11-24-39-41(33)36-19-4-6-23-38(36)49-39/h1-26,30H,27H2. The Balaban J connectivity index is 1.13. The predicted octanol–water partition coefficient (Wildman–Crippen LogP) is 12.3. The average molecular weight is 660 g/mol. The second kappa shape index (κ2) is 11.8. The largest absolute Gasteiger partial charge is 0.456 e. The molecule has 0 amide bonds. The van der Waals surface area contributed by atoms with Crippen LogP contribution in [-0.2, 0) is 0 Å². The van der Waals surface area contributed by atoms with E-state index < -0.39 is 0 Å². The number of para-hydroxylation sites is 1. The van der Waals surface area contributed by atoms with E-state index in [-0.39, 0.29) is 5.92 Å². The molecule has 1 unspecified atom stereocenters. The minimum Gasteiger partial charge on any atom is -0.456 e. The molecule has 0 N–H and O–H groups in total. The molecule has 10 rings (SSSR count). The van der Waals surface area contributed by atoms with Gasteiger partial charge in [-0.05, 0) is 59.0 Å². The predicted molar refractivity (Wildman–Crippen MR) is 207 cm³/mol. The van der Waals surface area contributed by atoms with Gasteiger partial charge in [0.2, 0.25) is 0 Å². The van der Waals surface area contributed by atoms with Crippen LogP contribution in [-0.4, -0.2) is 15.0 Å². The maximum Gasteiger partial charge on any atom is 0.165 e. The fourth-order valence-corrected chi connectivity index (χ4v) is 8.54. The Labute approximate surface area is 292 Å². The highest BCUT2D eigenvalue weighted by Crippen LogP contribution is 2.42. The Bertz CT molecular complexity index is 2810. The molecule has 0 bridgehead atoms. The van der Waals surface area contributed by atoms with Gasteiger partial charge in [-0.25, -0.2) is 15.0 Å². The van der Waals surface area contributed by atoms with Gasteiger partial charge < -0.3 is 4.42 Å². The van der Waals surface area contributed by atoms with E-state index in [1.54, 1.807) is 11.3 Å². The molecule has 5 heteroatoms. The third-order valence-corrected chi connectivity index (χ3v) is 10.9. The van der Waals surface area contributed by atoms with Crippen molar-refractivity contribution in [2.24, 2.45) is 0 Å². The summed E-state index contributed by atoms with van der Waals surface area (Å²) in [5.74, 6) is 2.18. The Kier molecular flexibility index (Phi) is 6.78.